The molecule has 3 aromatic rings. The van der Waals surface area contributed by atoms with Crippen molar-refractivity contribution in [2.24, 2.45) is 0 Å². The molecule has 4 rings (SSSR count). The molecule has 0 atom stereocenters. The molecule has 2 heterocycles. The predicted octanol–water partition coefficient (Wildman–Crippen LogP) is 4.20. The second-order valence-electron chi connectivity index (χ2n) is 7.33. The number of halogens is 4. The summed E-state index contributed by atoms with van der Waals surface area (Å²) in [6.45, 7) is 1.23. The number of Topliss-reactive ketones (excluding diaryl/α,β-unsaturated/α-hetero) is 1. The Labute approximate surface area is 175 Å². The first-order chi connectivity index (χ1) is 14.7. The van der Waals surface area contributed by atoms with E-state index in [0.29, 0.717) is 31.1 Å². The molecule has 160 valence electrons. The van der Waals surface area contributed by atoms with E-state index in [2.05, 4.69) is 14.9 Å². The SMILES string of the molecule is Nc1ncc2c(n1)CCN(c1cccc(C(=O)Cc3ccc(F)c(C(F)(F)F)c3)c1)C2. The highest BCUT2D eigenvalue weighted by molar-refractivity contribution is 5.98. The van der Waals surface area contributed by atoms with E-state index in [0.717, 1.165) is 23.0 Å². The number of alkyl halides is 3. The minimum atomic E-state index is -4.82. The van der Waals surface area contributed by atoms with Gasteiger partial charge in [0.2, 0.25) is 5.95 Å². The van der Waals surface area contributed by atoms with Gasteiger partial charge in [0, 0.05) is 48.9 Å². The molecule has 9 heteroatoms. The smallest absolute Gasteiger partial charge is 0.368 e. The molecule has 2 aromatic carbocycles. The molecule has 0 saturated heterocycles. The van der Waals surface area contributed by atoms with E-state index in [9.17, 15) is 22.4 Å². The van der Waals surface area contributed by atoms with Crippen LogP contribution in [0.25, 0.3) is 0 Å². The summed E-state index contributed by atoms with van der Waals surface area (Å²) >= 11 is 0. The van der Waals surface area contributed by atoms with Gasteiger partial charge in [0.05, 0.1) is 11.3 Å². The summed E-state index contributed by atoms with van der Waals surface area (Å²) in [6.07, 6.45) is -2.72. The number of nitrogen functional groups attached to an aromatic ring is 1. The Morgan fingerprint density at radius 1 is 1.16 bits per heavy atom. The van der Waals surface area contributed by atoms with Crippen LogP contribution >= 0.6 is 0 Å². The van der Waals surface area contributed by atoms with E-state index in [1.807, 2.05) is 6.07 Å². The van der Waals surface area contributed by atoms with E-state index in [4.69, 9.17) is 5.73 Å². The minimum Gasteiger partial charge on any atom is -0.368 e. The van der Waals surface area contributed by atoms with Crippen molar-refractivity contribution < 1.29 is 22.4 Å². The van der Waals surface area contributed by atoms with Crippen LogP contribution in [0.15, 0.2) is 48.7 Å². The quantitative estimate of drug-likeness (QED) is 0.496. The summed E-state index contributed by atoms with van der Waals surface area (Å²) < 4.78 is 52.3. The lowest BCUT2D eigenvalue weighted by atomic mass is 10.00. The van der Waals surface area contributed by atoms with Crippen LogP contribution in [0.4, 0.5) is 29.2 Å². The van der Waals surface area contributed by atoms with Gasteiger partial charge >= 0.3 is 6.18 Å². The predicted molar refractivity (Wildman–Crippen MR) is 107 cm³/mol. The minimum absolute atomic E-state index is 0.103. The molecule has 0 aliphatic carbocycles. The number of rotatable bonds is 4. The Balaban J connectivity index is 1.52. The molecule has 0 spiro atoms. The van der Waals surface area contributed by atoms with Crippen LogP contribution in [0.3, 0.4) is 0 Å². The zero-order valence-electron chi connectivity index (χ0n) is 16.3. The number of carbonyl (C=O) groups excluding carboxylic acids is 1. The highest BCUT2D eigenvalue weighted by Crippen LogP contribution is 2.32. The van der Waals surface area contributed by atoms with Crippen molar-refractivity contribution in [1.29, 1.82) is 0 Å². The van der Waals surface area contributed by atoms with Gasteiger partial charge in [-0.1, -0.05) is 18.2 Å². The van der Waals surface area contributed by atoms with E-state index in [-0.39, 0.29) is 23.7 Å². The number of benzene rings is 2. The molecule has 5 nitrogen and oxygen atoms in total. The fourth-order valence-electron chi connectivity index (χ4n) is 3.62. The summed E-state index contributed by atoms with van der Waals surface area (Å²) in [5.74, 6) is -1.48. The third-order valence-corrected chi connectivity index (χ3v) is 5.19. The number of anilines is 2. The Bertz CT molecular complexity index is 1150. The van der Waals surface area contributed by atoms with Gasteiger partial charge in [-0.15, -0.1) is 0 Å². The van der Waals surface area contributed by atoms with Gasteiger partial charge in [-0.3, -0.25) is 4.79 Å². The third-order valence-electron chi connectivity index (χ3n) is 5.19. The Kier molecular flexibility index (Phi) is 5.34. The van der Waals surface area contributed by atoms with Gasteiger partial charge in [0.1, 0.15) is 5.82 Å². The fraction of sp³-hybridized carbons (Fsp3) is 0.227. The van der Waals surface area contributed by atoms with Gasteiger partial charge in [-0.25, -0.2) is 14.4 Å². The molecule has 1 aromatic heterocycles. The second-order valence-corrected chi connectivity index (χ2v) is 7.33. The molecule has 1 aliphatic heterocycles. The number of carbonyl (C=O) groups is 1. The first-order valence-electron chi connectivity index (χ1n) is 9.55. The monoisotopic (exact) mass is 430 g/mol. The number of hydrogen-bond donors (Lipinski definition) is 1. The van der Waals surface area contributed by atoms with Crippen molar-refractivity contribution in [2.45, 2.75) is 25.6 Å². The first-order valence-corrected chi connectivity index (χ1v) is 9.55. The normalized spacial score (nSPS) is 13.7. The van der Waals surface area contributed by atoms with Crippen LogP contribution in [0.5, 0.6) is 0 Å². The lowest BCUT2D eigenvalue weighted by Crippen LogP contribution is -2.31. The van der Waals surface area contributed by atoms with Crippen molar-refractivity contribution in [1.82, 2.24) is 9.97 Å². The average Bonchev–Trinajstić information content (AvgIpc) is 2.74. The molecule has 0 radical (unpaired) electrons. The molecular weight excluding hydrogens is 412 g/mol. The third kappa shape index (κ3) is 4.50. The summed E-state index contributed by atoms with van der Waals surface area (Å²) in [5.41, 5.74) is 7.38. The molecule has 0 fully saturated rings. The molecular formula is C22H18F4N4O. The molecule has 0 saturated carbocycles. The fourth-order valence-corrected chi connectivity index (χ4v) is 3.62. The zero-order valence-corrected chi connectivity index (χ0v) is 16.3. The summed E-state index contributed by atoms with van der Waals surface area (Å²) in [7, 11) is 0. The highest BCUT2D eigenvalue weighted by Gasteiger charge is 2.34. The number of aromatic nitrogens is 2. The number of nitrogens with two attached hydrogens (primary N) is 1. The van der Waals surface area contributed by atoms with Crippen molar-refractivity contribution in [3.05, 3.63) is 82.4 Å². The lowest BCUT2D eigenvalue weighted by molar-refractivity contribution is -0.140. The van der Waals surface area contributed by atoms with Gasteiger partial charge in [0.15, 0.2) is 5.78 Å². The number of fused-ring (bicyclic) bond motifs is 1. The Morgan fingerprint density at radius 2 is 1.97 bits per heavy atom. The maximum atomic E-state index is 13.5. The zero-order chi connectivity index (χ0) is 22.2. The molecule has 0 unspecified atom stereocenters. The van der Waals surface area contributed by atoms with Gasteiger partial charge in [-0.05, 0) is 29.8 Å². The largest absolute Gasteiger partial charge is 0.419 e. The highest BCUT2D eigenvalue weighted by atomic mass is 19.4. The van der Waals surface area contributed by atoms with Gasteiger partial charge in [0.25, 0.3) is 0 Å². The van der Waals surface area contributed by atoms with E-state index < -0.39 is 17.6 Å². The Morgan fingerprint density at radius 3 is 2.74 bits per heavy atom. The van der Waals surface area contributed by atoms with Crippen molar-refractivity contribution in [3.63, 3.8) is 0 Å². The second kappa shape index (κ2) is 7.98. The van der Waals surface area contributed by atoms with Crippen molar-refractivity contribution >= 4 is 17.4 Å². The maximum absolute atomic E-state index is 13.5. The van der Waals surface area contributed by atoms with Crippen LogP contribution in [-0.4, -0.2) is 22.3 Å². The summed E-state index contributed by atoms with van der Waals surface area (Å²) in [4.78, 5) is 23.0. The lowest BCUT2D eigenvalue weighted by Gasteiger charge is -2.30. The molecule has 0 bridgehead atoms. The van der Waals surface area contributed by atoms with Crippen LogP contribution in [-0.2, 0) is 25.6 Å². The number of hydrogen-bond acceptors (Lipinski definition) is 5. The molecule has 1 aliphatic rings. The van der Waals surface area contributed by atoms with E-state index in [1.54, 1.807) is 24.4 Å². The first kappa shape index (κ1) is 20.8. The average molecular weight is 430 g/mol. The molecule has 31 heavy (non-hydrogen) atoms. The maximum Gasteiger partial charge on any atom is 0.419 e. The van der Waals surface area contributed by atoms with Gasteiger partial charge in [-0.2, -0.15) is 13.2 Å². The Hall–Kier alpha value is -3.49. The number of nitrogens with zero attached hydrogens (tertiary/aromatic N) is 3. The van der Waals surface area contributed by atoms with E-state index >= 15 is 0 Å². The van der Waals surface area contributed by atoms with Crippen molar-refractivity contribution in [2.75, 3.05) is 17.2 Å². The van der Waals surface area contributed by atoms with Crippen LogP contribution in [0.1, 0.15) is 32.7 Å². The van der Waals surface area contributed by atoms with Crippen LogP contribution < -0.4 is 10.6 Å². The topological polar surface area (TPSA) is 72.1 Å². The van der Waals surface area contributed by atoms with Crippen molar-refractivity contribution in [3.8, 4) is 0 Å². The van der Waals surface area contributed by atoms with Gasteiger partial charge < -0.3 is 10.6 Å². The van der Waals surface area contributed by atoms with Crippen LogP contribution in [0.2, 0.25) is 0 Å². The van der Waals surface area contributed by atoms with E-state index in [1.165, 1.54) is 6.07 Å². The standard InChI is InChI=1S/C22H18F4N4O/c23-18-5-4-13(8-17(18)22(24,25)26)9-20(31)14-2-1-3-16(10-14)30-7-6-19-15(12-30)11-28-21(27)29-19/h1-5,8,10-11H,6-7,9,12H2,(H2,27,28,29). The molecule has 0 amide bonds. The number of ketones is 1. The van der Waals surface area contributed by atoms with Crippen LogP contribution in [0, 0.1) is 5.82 Å². The summed E-state index contributed by atoms with van der Waals surface area (Å²) in [5, 5.41) is 0. The molecule has 2 N–H and O–H groups in total. The summed E-state index contributed by atoms with van der Waals surface area (Å²) in [6, 6.07) is 9.52.